The van der Waals surface area contributed by atoms with Gasteiger partial charge in [0.15, 0.2) is 20.6 Å². The summed E-state index contributed by atoms with van der Waals surface area (Å²) in [6.07, 6.45) is 1.06. The standard InChI is InChI=1S/C14H21BN2O2/c1-10-18-14(19-10)8-16-7-11-2-3-13-9-17(15)5-4-12(13)6-11/h2-3,6,10,14,16H,4-5,7-9,15H2,1H3. The molecule has 1 fully saturated rings. The van der Waals surface area contributed by atoms with E-state index in [0.717, 1.165) is 32.6 Å². The van der Waals surface area contributed by atoms with Crippen LogP contribution in [0.3, 0.4) is 0 Å². The molecule has 1 aromatic rings. The fourth-order valence-electron chi connectivity index (χ4n) is 2.73. The molecule has 0 unspecified atom stereocenters. The van der Waals surface area contributed by atoms with Gasteiger partial charge in [-0.3, -0.25) is 0 Å². The molecule has 1 aromatic carbocycles. The van der Waals surface area contributed by atoms with Crippen LogP contribution in [-0.2, 0) is 29.0 Å². The molecule has 2 aliphatic rings. The average Bonchev–Trinajstić information content (AvgIpc) is 2.37. The summed E-state index contributed by atoms with van der Waals surface area (Å²) in [5.41, 5.74) is 4.31. The first-order chi connectivity index (χ1) is 9.20. The molecule has 0 spiro atoms. The highest BCUT2D eigenvalue weighted by molar-refractivity contribution is 6.04. The molecule has 1 N–H and O–H groups in total. The fraction of sp³-hybridized carbons (Fsp3) is 0.571. The maximum Gasteiger partial charge on any atom is 0.185 e. The zero-order valence-electron chi connectivity index (χ0n) is 11.7. The number of hydrogen-bond acceptors (Lipinski definition) is 4. The molecule has 0 amide bonds. The summed E-state index contributed by atoms with van der Waals surface area (Å²) in [5, 5.41) is 3.38. The first-order valence-electron chi connectivity index (χ1n) is 7.01. The van der Waals surface area contributed by atoms with Crippen LogP contribution in [0, 0.1) is 0 Å². The van der Waals surface area contributed by atoms with E-state index in [9.17, 15) is 0 Å². The van der Waals surface area contributed by atoms with Gasteiger partial charge in [0.25, 0.3) is 0 Å². The van der Waals surface area contributed by atoms with Crippen molar-refractivity contribution in [3.05, 3.63) is 34.9 Å². The Morgan fingerprint density at radius 1 is 1.37 bits per heavy atom. The summed E-state index contributed by atoms with van der Waals surface area (Å²) >= 11 is 0. The van der Waals surface area contributed by atoms with Gasteiger partial charge in [0, 0.05) is 19.6 Å². The molecule has 0 saturated carbocycles. The molecular formula is C14H21BN2O2. The molecule has 3 rings (SSSR count). The van der Waals surface area contributed by atoms with Crippen LogP contribution in [0.4, 0.5) is 0 Å². The van der Waals surface area contributed by atoms with Crippen molar-refractivity contribution in [2.24, 2.45) is 0 Å². The van der Waals surface area contributed by atoms with Crippen molar-refractivity contribution >= 4 is 7.98 Å². The third kappa shape index (κ3) is 3.18. The molecule has 5 heteroatoms. The van der Waals surface area contributed by atoms with Gasteiger partial charge in [-0.25, -0.2) is 0 Å². The lowest BCUT2D eigenvalue weighted by Gasteiger charge is -2.33. The first-order valence-corrected chi connectivity index (χ1v) is 7.01. The number of fused-ring (bicyclic) bond motifs is 1. The Morgan fingerprint density at radius 3 is 3.00 bits per heavy atom. The molecule has 1 saturated heterocycles. The van der Waals surface area contributed by atoms with E-state index >= 15 is 0 Å². The molecule has 2 aliphatic heterocycles. The zero-order valence-corrected chi connectivity index (χ0v) is 11.7. The largest absolute Gasteiger partial charge is 0.345 e. The molecule has 102 valence electrons. The maximum atomic E-state index is 5.39. The Kier molecular flexibility index (Phi) is 3.89. The second kappa shape index (κ2) is 5.63. The highest BCUT2D eigenvalue weighted by atomic mass is 16.9. The van der Waals surface area contributed by atoms with Gasteiger partial charge >= 0.3 is 0 Å². The lowest BCUT2D eigenvalue weighted by atomic mass is 9.95. The van der Waals surface area contributed by atoms with Crippen LogP contribution in [-0.4, -0.2) is 38.5 Å². The van der Waals surface area contributed by atoms with Crippen LogP contribution < -0.4 is 5.32 Å². The molecule has 2 heterocycles. The van der Waals surface area contributed by atoms with Crippen LogP contribution in [0.25, 0.3) is 0 Å². The van der Waals surface area contributed by atoms with Crippen LogP contribution in [0.1, 0.15) is 23.6 Å². The Bertz CT molecular complexity index is 449. The molecule has 4 nitrogen and oxygen atoms in total. The number of nitrogens with one attached hydrogen (secondary N) is 1. The van der Waals surface area contributed by atoms with Gasteiger partial charge in [0.05, 0.1) is 0 Å². The molecule has 0 bridgehead atoms. The third-order valence-electron chi connectivity index (χ3n) is 3.80. The van der Waals surface area contributed by atoms with Gasteiger partial charge < -0.3 is 19.6 Å². The molecule has 0 aromatic heterocycles. The highest BCUT2D eigenvalue weighted by Crippen LogP contribution is 2.19. The van der Waals surface area contributed by atoms with E-state index in [1.54, 1.807) is 0 Å². The van der Waals surface area contributed by atoms with Crippen LogP contribution in [0.5, 0.6) is 0 Å². The quantitative estimate of drug-likeness (QED) is 0.795. The Labute approximate surface area is 115 Å². The smallest absolute Gasteiger partial charge is 0.185 e. The average molecular weight is 260 g/mol. The number of rotatable bonds is 4. The predicted molar refractivity (Wildman–Crippen MR) is 76.2 cm³/mol. The fourth-order valence-corrected chi connectivity index (χ4v) is 2.73. The van der Waals surface area contributed by atoms with Gasteiger partial charge in [0.2, 0.25) is 0 Å². The van der Waals surface area contributed by atoms with Crippen molar-refractivity contribution in [3.8, 4) is 0 Å². The topological polar surface area (TPSA) is 33.7 Å². The van der Waals surface area contributed by atoms with Gasteiger partial charge in [-0.05, 0) is 36.6 Å². The SMILES string of the molecule is BN1CCc2cc(CNCC3OC(C)O3)ccc2C1. The number of hydrogen-bond donors (Lipinski definition) is 1. The summed E-state index contributed by atoms with van der Waals surface area (Å²) in [6.45, 7) is 5.78. The van der Waals surface area contributed by atoms with E-state index in [4.69, 9.17) is 9.47 Å². The summed E-state index contributed by atoms with van der Waals surface area (Å²) in [4.78, 5) is 2.37. The Morgan fingerprint density at radius 2 is 2.21 bits per heavy atom. The van der Waals surface area contributed by atoms with Crippen LogP contribution >= 0.6 is 0 Å². The van der Waals surface area contributed by atoms with Crippen molar-refractivity contribution in [3.63, 3.8) is 0 Å². The van der Waals surface area contributed by atoms with Crippen molar-refractivity contribution in [2.45, 2.75) is 39.0 Å². The van der Waals surface area contributed by atoms with E-state index in [1.165, 1.54) is 16.7 Å². The molecular weight excluding hydrogens is 239 g/mol. The lowest BCUT2D eigenvalue weighted by molar-refractivity contribution is -0.372. The Balaban J connectivity index is 1.51. The summed E-state index contributed by atoms with van der Waals surface area (Å²) < 4.78 is 10.8. The molecule has 0 radical (unpaired) electrons. The molecule has 0 aliphatic carbocycles. The van der Waals surface area contributed by atoms with Crippen LogP contribution in [0.2, 0.25) is 0 Å². The van der Waals surface area contributed by atoms with Gasteiger partial charge in [-0.1, -0.05) is 18.2 Å². The minimum atomic E-state index is -0.0683. The van der Waals surface area contributed by atoms with E-state index in [0.29, 0.717) is 0 Å². The van der Waals surface area contributed by atoms with Crippen molar-refractivity contribution in [1.82, 2.24) is 10.1 Å². The summed E-state index contributed by atoms with van der Waals surface area (Å²) in [6, 6.07) is 6.82. The number of benzene rings is 1. The van der Waals surface area contributed by atoms with Crippen LogP contribution in [0.15, 0.2) is 18.2 Å². The van der Waals surface area contributed by atoms with E-state index in [-0.39, 0.29) is 12.6 Å². The first kappa shape index (κ1) is 13.1. The van der Waals surface area contributed by atoms with Gasteiger partial charge in [-0.2, -0.15) is 0 Å². The van der Waals surface area contributed by atoms with Gasteiger partial charge in [-0.15, -0.1) is 0 Å². The lowest BCUT2D eigenvalue weighted by Crippen LogP contribution is -2.45. The van der Waals surface area contributed by atoms with Crippen molar-refractivity contribution in [1.29, 1.82) is 0 Å². The predicted octanol–water partition coefficient (Wildman–Crippen LogP) is 0.401. The Hall–Kier alpha value is -0.875. The number of nitrogens with zero attached hydrogens (tertiary/aromatic N) is 1. The maximum absolute atomic E-state index is 5.39. The molecule has 19 heavy (non-hydrogen) atoms. The second-order valence-corrected chi connectivity index (χ2v) is 5.49. The van der Waals surface area contributed by atoms with E-state index < -0.39 is 0 Å². The highest BCUT2D eigenvalue weighted by Gasteiger charge is 2.25. The normalized spacial score (nSPS) is 26.8. The zero-order chi connectivity index (χ0) is 13.2. The van der Waals surface area contributed by atoms with E-state index in [1.807, 2.05) is 6.92 Å². The van der Waals surface area contributed by atoms with E-state index in [2.05, 4.69) is 36.3 Å². The summed E-state index contributed by atoms with van der Waals surface area (Å²) in [5.74, 6) is 0. The second-order valence-electron chi connectivity index (χ2n) is 5.49. The summed E-state index contributed by atoms with van der Waals surface area (Å²) in [7, 11) is 2.18. The van der Waals surface area contributed by atoms with Crippen molar-refractivity contribution < 1.29 is 9.47 Å². The monoisotopic (exact) mass is 260 g/mol. The minimum Gasteiger partial charge on any atom is -0.345 e. The number of ether oxygens (including phenoxy) is 2. The third-order valence-corrected chi connectivity index (χ3v) is 3.80. The molecule has 0 atom stereocenters. The van der Waals surface area contributed by atoms with Crippen molar-refractivity contribution in [2.75, 3.05) is 13.1 Å². The minimum absolute atomic E-state index is 0.0347. The van der Waals surface area contributed by atoms with Gasteiger partial charge in [0.1, 0.15) is 0 Å².